The molecule has 4 rings (SSSR count). The van der Waals surface area contributed by atoms with Crippen molar-refractivity contribution in [2.75, 3.05) is 13.1 Å². The number of likely N-dealkylation sites (tertiary alicyclic amines) is 1. The van der Waals surface area contributed by atoms with Crippen LogP contribution in [0, 0.1) is 12.7 Å². The highest BCUT2D eigenvalue weighted by molar-refractivity contribution is 5.91. The van der Waals surface area contributed by atoms with Gasteiger partial charge >= 0.3 is 0 Å². The number of hydrogen-bond acceptors (Lipinski definition) is 3. The van der Waals surface area contributed by atoms with Crippen molar-refractivity contribution in [3.8, 4) is 0 Å². The molecule has 1 atom stereocenters. The molecular weight excluding hydrogens is 317 g/mol. The predicted octanol–water partition coefficient (Wildman–Crippen LogP) is 3.36. The first-order valence-electron chi connectivity index (χ1n) is 8.94. The van der Waals surface area contributed by atoms with Gasteiger partial charge in [0.2, 0.25) is 5.91 Å². The molecule has 1 aliphatic carbocycles. The lowest BCUT2D eigenvalue weighted by molar-refractivity contribution is -0.135. The van der Waals surface area contributed by atoms with Gasteiger partial charge in [-0.3, -0.25) is 4.79 Å². The summed E-state index contributed by atoms with van der Waals surface area (Å²) in [6.45, 7) is 3.29. The van der Waals surface area contributed by atoms with Crippen molar-refractivity contribution in [2.45, 2.75) is 43.9 Å². The Hall–Kier alpha value is -2.30. The van der Waals surface area contributed by atoms with Gasteiger partial charge in [-0.1, -0.05) is 18.2 Å². The van der Waals surface area contributed by atoms with E-state index in [1.165, 1.54) is 6.07 Å². The van der Waals surface area contributed by atoms with E-state index in [4.69, 9.17) is 0 Å². The fourth-order valence-corrected chi connectivity index (χ4v) is 3.98. The molecule has 1 unspecified atom stereocenters. The fraction of sp³-hybridized carbons (Fsp3) is 0.450. The molecular formula is C20H22FN3O. The van der Waals surface area contributed by atoms with Crippen LogP contribution in [0.2, 0.25) is 0 Å². The normalized spacial score (nSPS) is 21.8. The van der Waals surface area contributed by atoms with E-state index in [1.807, 2.05) is 24.0 Å². The van der Waals surface area contributed by atoms with E-state index in [9.17, 15) is 9.18 Å². The smallest absolute Gasteiger partial charge is 0.233 e. The zero-order valence-electron chi connectivity index (χ0n) is 14.4. The molecule has 5 heteroatoms. The highest BCUT2D eigenvalue weighted by Gasteiger charge is 2.54. The van der Waals surface area contributed by atoms with Crippen LogP contribution in [0.4, 0.5) is 4.39 Å². The Morgan fingerprint density at radius 1 is 1.28 bits per heavy atom. The van der Waals surface area contributed by atoms with Crippen LogP contribution in [-0.2, 0) is 10.2 Å². The minimum atomic E-state index is -0.644. The van der Waals surface area contributed by atoms with Gasteiger partial charge in [-0.25, -0.2) is 14.4 Å². The van der Waals surface area contributed by atoms with E-state index in [0.29, 0.717) is 12.1 Å². The molecule has 2 aliphatic rings. The fourth-order valence-electron chi connectivity index (χ4n) is 3.98. The first kappa shape index (κ1) is 16.2. The Morgan fingerprint density at radius 2 is 2.08 bits per heavy atom. The summed E-state index contributed by atoms with van der Waals surface area (Å²) in [5, 5.41) is 0. The van der Waals surface area contributed by atoms with Gasteiger partial charge in [0.1, 0.15) is 11.6 Å². The van der Waals surface area contributed by atoms with Crippen molar-refractivity contribution in [1.29, 1.82) is 0 Å². The number of carbonyl (C=O) groups excluding carboxylic acids is 1. The highest BCUT2D eigenvalue weighted by Crippen LogP contribution is 2.51. The summed E-state index contributed by atoms with van der Waals surface area (Å²) in [4.78, 5) is 23.8. The molecule has 1 aromatic carbocycles. The Labute approximate surface area is 147 Å². The van der Waals surface area contributed by atoms with Crippen LogP contribution < -0.4 is 0 Å². The third kappa shape index (κ3) is 2.92. The number of aryl methyl sites for hydroxylation is 1. The summed E-state index contributed by atoms with van der Waals surface area (Å²) >= 11 is 0. The topological polar surface area (TPSA) is 46.1 Å². The van der Waals surface area contributed by atoms with Crippen molar-refractivity contribution in [3.05, 3.63) is 59.4 Å². The Kier molecular flexibility index (Phi) is 4.02. The van der Waals surface area contributed by atoms with Crippen molar-refractivity contribution in [1.82, 2.24) is 14.9 Å². The lowest BCUT2D eigenvalue weighted by Crippen LogP contribution is -2.45. The van der Waals surface area contributed by atoms with Crippen LogP contribution in [0.1, 0.15) is 48.7 Å². The molecule has 2 aromatic rings. The number of piperidine rings is 1. The third-order valence-corrected chi connectivity index (χ3v) is 5.47. The monoisotopic (exact) mass is 339 g/mol. The van der Waals surface area contributed by atoms with Crippen molar-refractivity contribution < 1.29 is 9.18 Å². The van der Waals surface area contributed by atoms with Crippen molar-refractivity contribution in [2.24, 2.45) is 0 Å². The van der Waals surface area contributed by atoms with Gasteiger partial charge in [-0.2, -0.15) is 0 Å². The number of carbonyl (C=O) groups is 1. The van der Waals surface area contributed by atoms with Crippen molar-refractivity contribution >= 4 is 5.91 Å². The molecule has 25 heavy (non-hydrogen) atoms. The molecule has 0 spiro atoms. The Morgan fingerprint density at radius 3 is 2.80 bits per heavy atom. The number of benzene rings is 1. The summed E-state index contributed by atoms with van der Waals surface area (Å²) in [6.07, 6.45) is 5.22. The summed E-state index contributed by atoms with van der Waals surface area (Å²) in [5.41, 5.74) is 0.912. The molecule has 1 amide bonds. The van der Waals surface area contributed by atoms with Gasteiger partial charge in [0.15, 0.2) is 0 Å². The van der Waals surface area contributed by atoms with Crippen LogP contribution >= 0.6 is 0 Å². The number of nitrogens with zero attached hydrogens (tertiary/aromatic N) is 3. The molecule has 1 aromatic heterocycles. The van der Waals surface area contributed by atoms with Gasteiger partial charge < -0.3 is 4.90 Å². The van der Waals surface area contributed by atoms with E-state index in [2.05, 4.69) is 9.97 Å². The van der Waals surface area contributed by atoms with E-state index >= 15 is 0 Å². The molecule has 2 heterocycles. The van der Waals surface area contributed by atoms with Crippen LogP contribution in [0.3, 0.4) is 0 Å². The summed E-state index contributed by atoms with van der Waals surface area (Å²) in [6, 6.07) is 8.64. The quantitative estimate of drug-likeness (QED) is 0.861. The number of aromatic nitrogens is 2. The van der Waals surface area contributed by atoms with Crippen molar-refractivity contribution in [3.63, 3.8) is 0 Å². The second-order valence-corrected chi connectivity index (χ2v) is 7.18. The van der Waals surface area contributed by atoms with Gasteiger partial charge in [0.05, 0.1) is 5.41 Å². The van der Waals surface area contributed by atoms with Crippen LogP contribution in [0.15, 0.2) is 36.5 Å². The molecule has 1 saturated carbocycles. The predicted molar refractivity (Wildman–Crippen MR) is 92.6 cm³/mol. The summed E-state index contributed by atoms with van der Waals surface area (Å²) in [5.74, 6) is 0.795. The zero-order valence-corrected chi connectivity index (χ0v) is 14.4. The molecule has 1 aliphatic heterocycles. The highest BCUT2D eigenvalue weighted by atomic mass is 19.1. The standard InChI is InChI=1S/C20H22FN3O/c1-14-22-11-8-18(23-14)15-5-4-12-24(13-15)19(25)20(9-10-20)16-6-2-3-7-17(16)21/h2-3,6-8,11,15H,4-5,9-10,12-13H2,1H3. The van der Waals surface area contributed by atoms with Crippen LogP contribution in [0.5, 0.6) is 0 Å². The molecule has 1 saturated heterocycles. The van der Waals surface area contributed by atoms with Gasteiger partial charge in [-0.15, -0.1) is 0 Å². The molecule has 0 bridgehead atoms. The largest absolute Gasteiger partial charge is 0.341 e. The van der Waals surface area contributed by atoms with E-state index in [0.717, 1.165) is 43.7 Å². The van der Waals surface area contributed by atoms with Gasteiger partial charge in [0.25, 0.3) is 0 Å². The summed E-state index contributed by atoms with van der Waals surface area (Å²) < 4.78 is 14.3. The lowest BCUT2D eigenvalue weighted by Gasteiger charge is -2.35. The maximum absolute atomic E-state index is 14.3. The van der Waals surface area contributed by atoms with Gasteiger partial charge in [0, 0.05) is 36.5 Å². The second-order valence-electron chi connectivity index (χ2n) is 7.18. The third-order valence-electron chi connectivity index (χ3n) is 5.47. The zero-order chi connectivity index (χ0) is 17.4. The number of amides is 1. The van der Waals surface area contributed by atoms with E-state index in [1.54, 1.807) is 18.3 Å². The molecule has 0 radical (unpaired) electrons. The second kappa shape index (κ2) is 6.21. The maximum atomic E-state index is 14.3. The van der Waals surface area contributed by atoms with E-state index < -0.39 is 5.41 Å². The van der Waals surface area contributed by atoms with E-state index in [-0.39, 0.29) is 17.6 Å². The van der Waals surface area contributed by atoms with Crippen LogP contribution in [-0.4, -0.2) is 33.9 Å². The summed E-state index contributed by atoms with van der Waals surface area (Å²) in [7, 11) is 0. The Bertz CT molecular complexity index is 803. The SMILES string of the molecule is Cc1nccc(C2CCCN(C(=O)C3(c4ccccc4F)CC3)C2)n1. The van der Waals surface area contributed by atoms with Gasteiger partial charge in [-0.05, 0) is 44.7 Å². The first-order chi connectivity index (χ1) is 12.1. The van der Waals surface area contributed by atoms with Crippen LogP contribution in [0.25, 0.3) is 0 Å². The number of halogens is 1. The Balaban J connectivity index is 1.56. The molecule has 0 N–H and O–H groups in total. The lowest BCUT2D eigenvalue weighted by atomic mass is 9.90. The molecule has 2 fully saturated rings. The minimum absolute atomic E-state index is 0.0769. The minimum Gasteiger partial charge on any atom is -0.341 e. The number of rotatable bonds is 3. The average Bonchev–Trinajstić information content (AvgIpc) is 3.43. The molecule has 4 nitrogen and oxygen atoms in total. The first-order valence-corrected chi connectivity index (χ1v) is 8.94. The maximum Gasteiger partial charge on any atom is 0.233 e. The molecule has 130 valence electrons. The average molecular weight is 339 g/mol. The number of hydrogen-bond donors (Lipinski definition) is 0.